The second-order valence-corrected chi connectivity index (χ2v) is 5.89. The lowest BCUT2D eigenvalue weighted by Gasteiger charge is -2.27. The van der Waals surface area contributed by atoms with Crippen molar-refractivity contribution in [1.82, 2.24) is 5.32 Å². The molecule has 1 N–H and O–H groups in total. The van der Waals surface area contributed by atoms with Crippen LogP contribution in [0.5, 0.6) is 11.5 Å². The van der Waals surface area contributed by atoms with E-state index in [1.54, 1.807) is 14.2 Å². The van der Waals surface area contributed by atoms with E-state index >= 15 is 0 Å². The monoisotopic (exact) mass is 277 g/mol. The van der Waals surface area contributed by atoms with Gasteiger partial charge in [-0.2, -0.15) is 0 Å². The highest BCUT2D eigenvalue weighted by atomic mass is 16.5. The molecule has 0 aliphatic heterocycles. The molecule has 0 unspecified atom stereocenters. The van der Waals surface area contributed by atoms with Gasteiger partial charge in [0.15, 0.2) is 0 Å². The summed E-state index contributed by atoms with van der Waals surface area (Å²) >= 11 is 0. The van der Waals surface area contributed by atoms with Crippen molar-refractivity contribution in [1.29, 1.82) is 0 Å². The minimum absolute atomic E-state index is 0.531. The molecule has 0 saturated heterocycles. The number of benzene rings is 1. The van der Waals surface area contributed by atoms with Crippen molar-refractivity contribution in [3.63, 3.8) is 0 Å². The van der Waals surface area contributed by atoms with Crippen LogP contribution in [0.15, 0.2) is 18.2 Å². The van der Waals surface area contributed by atoms with Crippen LogP contribution in [0.4, 0.5) is 0 Å². The van der Waals surface area contributed by atoms with Gasteiger partial charge in [0.25, 0.3) is 0 Å². The van der Waals surface area contributed by atoms with Crippen LogP contribution >= 0.6 is 0 Å². The lowest BCUT2D eigenvalue weighted by Crippen LogP contribution is -2.31. The van der Waals surface area contributed by atoms with Gasteiger partial charge in [-0.15, -0.1) is 0 Å². The summed E-state index contributed by atoms with van der Waals surface area (Å²) in [5, 5.41) is 3.63. The van der Waals surface area contributed by atoms with Crippen LogP contribution in [0, 0.1) is 5.41 Å². The van der Waals surface area contributed by atoms with Gasteiger partial charge < -0.3 is 14.8 Å². The molecule has 0 heterocycles. The molecule has 1 aromatic rings. The van der Waals surface area contributed by atoms with Gasteiger partial charge in [-0.1, -0.05) is 19.8 Å². The van der Waals surface area contributed by atoms with Crippen molar-refractivity contribution in [3.05, 3.63) is 23.8 Å². The third-order valence-electron chi connectivity index (χ3n) is 4.65. The summed E-state index contributed by atoms with van der Waals surface area (Å²) in [6.45, 7) is 4.31. The zero-order valence-corrected chi connectivity index (χ0v) is 13.0. The first-order valence-corrected chi connectivity index (χ1v) is 7.64. The average Bonchev–Trinajstić information content (AvgIpc) is 2.96. The SMILES string of the molecule is CCC1(CNCc2cc(OC)cc(OC)c2)CCCC1. The minimum atomic E-state index is 0.531. The van der Waals surface area contributed by atoms with E-state index in [1.807, 2.05) is 6.07 Å². The molecule has 0 aromatic heterocycles. The highest BCUT2D eigenvalue weighted by Crippen LogP contribution is 2.40. The first-order valence-electron chi connectivity index (χ1n) is 7.64. The van der Waals surface area contributed by atoms with Gasteiger partial charge in [-0.25, -0.2) is 0 Å². The second-order valence-electron chi connectivity index (χ2n) is 5.89. The van der Waals surface area contributed by atoms with Crippen molar-refractivity contribution < 1.29 is 9.47 Å². The van der Waals surface area contributed by atoms with E-state index in [4.69, 9.17) is 9.47 Å². The van der Waals surface area contributed by atoms with E-state index in [-0.39, 0.29) is 0 Å². The van der Waals surface area contributed by atoms with Crippen LogP contribution in [0.1, 0.15) is 44.6 Å². The maximum Gasteiger partial charge on any atom is 0.122 e. The topological polar surface area (TPSA) is 30.5 Å². The highest BCUT2D eigenvalue weighted by molar-refractivity contribution is 5.38. The first-order chi connectivity index (χ1) is 9.71. The molecule has 0 atom stereocenters. The maximum absolute atomic E-state index is 5.31. The molecular formula is C17H27NO2. The molecule has 1 aromatic carbocycles. The number of ether oxygens (including phenoxy) is 2. The Morgan fingerprint density at radius 3 is 2.15 bits per heavy atom. The molecule has 1 fully saturated rings. The van der Waals surface area contributed by atoms with E-state index in [0.29, 0.717) is 5.41 Å². The van der Waals surface area contributed by atoms with Gasteiger partial charge in [0.2, 0.25) is 0 Å². The molecule has 0 bridgehead atoms. The Hall–Kier alpha value is -1.22. The molecule has 2 rings (SSSR count). The normalized spacial score (nSPS) is 17.1. The zero-order valence-electron chi connectivity index (χ0n) is 13.0. The van der Waals surface area contributed by atoms with Crippen molar-refractivity contribution in [2.45, 2.75) is 45.6 Å². The lowest BCUT2D eigenvalue weighted by atomic mass is 9.83. The van der Waals surface area contributed by atoms with Gasteiger partial charge in [0.1, 0.15) is 11.5 Å². The molecule has 1 aliphatic carbocycles. The predicted molar refractivity (Wildman–Crippen MR) is 82.4 cm³/mol. The fourth-order valence-corrected chi connectivity index (χ4v) is 3.22. The van der Waals surface area contributed by atoms with Crippen LogP contribution in [-0.2, 0) is 6.54 Å². The number of rotatable bonds is 7. The molecule has 3 nitrogen and oxygen atoms in total. The molecule has 0 spiro atoms. The van der Waals surface area contributed by atoms with Gasteiger partial charge in [0, 0.05) is 19.2 Å². The minimum Gasteiger partial charge on any atom is -0.497 e. The standard InChI is InChI=1S/C17H27NO2/c1-4-17(7-5-6-8-17)13-18-12-14-9-15(19-2)11-16(10-14)20-3/h9-11,18H,4-8,12-13H2,1-3H3. The van der Waals surface area contributed by atoms with Crippen LogP contribution in [0.25, 0.3) is 0 Å². The quantitative estimate of drug-likeness (QED) is 0.823. The van der Waals surface area contributed by atoms with E-state index in [1.165, 1.54) is 37.7 Å². The van der Waals surface area contributed by atoms with Crippen molar-refractivity contribution in [2.75, 3.05) is 20.8 Å². The van der Waals surface area contributed by atoms with Crippen LogP contribution < -0.4 is 14.8 Å². The van der Waals surface area contributed by atoms with Crippen LogP contribution in [0.3, 0.4) is 0 Å². The Bertz CT molecular complexity index is 403. The number of hydrogen-bond donors (Lipinski definition) is 1. The smallest absolute Gasteiger partial charge is 0.122 e. The Morgan fingerprint density at radius 1 is 1.05 bits per heavy atom. The molecule has 112 valence electrons. The lowest BCUT2D eigenvalue weighted by molar-refractivity contribution is 0.268. The van der Waals surface area contributed by atoms with Gasteiger partial charge in [-0.3, -0.25) is 0 Å². The van der Waals surface area contributed by atoms with Crippen molar-refractivity contribution in [2.24, 2.45) is 5.41 Å². The van der Waals surface area contributed by atoms with E-state index in [9.17, 15) is 0 Å². The van der Waals surface area contributed by atoms with Crippen molar-refractivity contribution >= 4 is 0 Å². The number of nitrogens with one attached hydrogen (secondary N) is 1. The predicted octanol–water partition coefficient (Wildman–Crippen LogP) is 3.76. The third kappa shape index (κ3) is 3.66. The fourth-order valence-electron chi connectivity index (χ4n) is 3.22. The van der Waals surface area contributed by atoms with Gasteiger partial charge in [0.05, 0.1) is 14.2 Å². The molecule has 3 heteroatoms. The van der Waals surface area contributed by atoms with Crippen LogP contribution in [-0.4, -0.2) is 20.8 Å². The summed E-state index contributed by atoms with van der Waals surface area (Å²) in [6, 6.07) is 6.06. The van der Waals surface area contributed by atoms with Gasteiger partial charge in [-0.05, 0) is 42.4 Å². The molecular weight excluding hydrogens is 250 g/mol. The van der Waals surface area contributed by atoms with Gasteiger partial charge >= 0.3 is 0 Å². The van der Waals surface area contributed by atoms with Crippen molar-refractivity contribution in [3.8, 4) is 11.5 Å². The van der Waals surface area contributed by atoms with E-state index < -0.39 is 0 Å². The molecule has 0 amide bonds. The van der Waals surface area contributed by atoms with E-state index in [0.717, 1.165) is 24.6 Å². The molecule has 0 radical (unpaired) electrons. The Balaban J connectivity index is 1.93. The zero-order chi connectivity index (χ0) is 14.4. The summed E-state index contributed by atoms with van der Waals surface area (Å²) < 4.78 is 10.6. The highest BCUT2D eigenvalue weighted by Gasteiger charge is 2.31. The summed E-state index contributed by atoms with van der Waals surface area (Å²) in [4.78, 5) is 0. The summed E-state index contributed by atoms with van der Waals surface area (Å²) in [7, 11) is 3.38. The molecule has 20 heavy (non-hydrogen) atoms. The third-order valence-corrected chi connectivity index (χ3v) is 4.65. The average molecular weight is 277 g/mol. The number of hydrogen-bond acceptors (Lipinski definition) is 3. The fraction of sp³-hybridized carbons (Fsp3) is 0.647. The maximum atomic E-state index is 5.31. The van der Waals surface area contributed by atoms with E-state index in [2.05, 4.69) is 24.4 Å². The largest absolute Gasteiger partial charge is 0.497 e. The van der Waals surface area contributed by atoms with Crippen LogP contribution in [0.2, 0.25) is 0 Å². The first kappa shape index (κ1) is 15.2. The Labute approximate surface area is 122 Å². The molecule has 1 aliphatic rings. The summed E-state index contributed by atoms with van der Waals surface area (Å²) in [6.07, 6.45) is 6.81. The Morgan fingerprint density at radius 2 is 1.65 bits per heavy atom. The Kier molecular flexibility index (Phi) is 5.30. The summed E-state index contributed by atoms with van der Waals surface area (Å²) in [5.74, 6) is 1.71. The second kappa shape index (κ2) is 6.98. The summed E-state index contributed by atoms with van der Waals surface area (Å²) in [5.41, 5.74) is 1.74. The molecule has 1 saturated carbocycles. The number of methoxy groups -OCH3 is 2.